The average molecular weight is 283 g/mol. The lowest BCUT2D eigenvalue weighted by atomic mass is 10.0. The number of nitrogens with two attached hydrogens (primary N) is 1. The Morgan fingerprint density at radius 2 is 1.76 bits per heavy atom. The van der Waals surface area contributed by atoms with Gasteiger partial charge in [0.25, 0.3) is 0 Å². The van der Waals surface area contributed by atoms with Crippen LogP contribution in [0.2, 0.25) is 0 Å². The second kappa shape index (κ2) is 7.14. The van der Waals surface area contributed by atoms with E-state index < -0.39 is 0 Å². The highest BCUT2D eigenvalue weighted by atomic mass is 15.2. The zero-order chi connectivity index (χ0) is 15.2. The number of likely N-dealkylation sites (N-methyl/N-ethyl adjacent to an activating group) is 1. The van der Waals surface area contributed by atoms with Crippen molar-refractivity contribution in [1.82, 2.24) is 4.90 Å². The summed E-state index contributed by atoms with van der Waals surface area (Å²) in [6.07, 6.45) is 5.54. The molecule has 0 aliphatic carbocycles. The summed E-state index contributed by atoms with van der Waals surface area (Å²) >= 11 is 0. The largest absolute Gasteiger partial charge is 0.404 e. The molecule has 3 heteroatoms. The molecule has 0 atom stereocenters. The standard InChI is InChI=1S/C18H25N3/c1-4-15(2)13-17(14-19)16-5-7-18(8-6-16)21-11-9-20(3)10-12-21/h4-8,13-14H,1,9-12,19H2,2-3H3/b15-13-,17-14+. The Balaban J connectivity index is 2.13. The Morgan fingerprint density at radius 1 is 1.14 bits per heavy atom. The lowest BCUT2D eigenvalue weighted by molar-refractivity contribution is 0.313. The van der Waals surface area contributed by atoms with Crippen LogP contribution >= 0.6 is 0 Å². The van der Waals surface area contributed by atoms with Gasteiger partial charge in [0.05, 0.1) is 0 Å². The van der Waals surface area contributed by atoms with Crippen molar-refractivity contribution in [3.63, 3.8) is 0 Å². The smallest absolute Gasteiger partial charge is 0.0367 e. The van der Waals surface area contributed by atoms with Gasteiger partial charge in [0.1, 0.15) is 0 Å². The van der Waals surface area contributed by atoms with Crippen LogP contribution in [0.25, 0.3) is 5.57 Å². The predicted octanol–water partition coefficient (Wildman–Crippen LogP) is 2.87. The van der Waals surface area contributed by atoms with Crippen LogP contribution in [0.5, 0.6) is 0 Å². The highest BCUT2D eigenvalue weighted by Gasteiger charge is 2.14. The van der Waals surface area contributed by atoms with E-state index in [0.29, 0.717) is 0 Å². The molecule has 3 nitrogen and oxygen atoms in total. The van der Waals surface area contributed by atoms with Gasteiger partial charge in [0.15, 0.2) is 0 Å². The molecule has 0 bridgehead atoms. The predicted molar refractivity (Wildman–Crippen MR) is 92.3 cm³/mol. The summed E-state index contributed by atoms with van der Waals surface area (Å²) in [7, 11) is 2.17. The molecule has 0 saturated carbocycles. The minimum absolute atomic E-state index is 1.03. The van der Waals surface area contributed by atoms with Crippen molar-refractivity contribution < 1.29 is 0 Å². The van der Waals surface area contributed by atoms with Gasteiger partial charge >= 0.3 is 0 Å². The number of anilines is 1. The topological polar surface area (TPSA) is 32.5 Å². The molecule has 1 aromatic rings. The van der Waals surface area contributed by atoms with Gasteiger partial charge in [-0.1, -0.05) is 36.4 Å². The van der Waals surface area contributed by atoms with E-state index in [1.807, 2.05) is 13.0 Å². The van der Waals surface area contributed by atoms with Gasteiger partial charge in [-0.3, -0.25) is 0 Å². The Kier molecular flexibility index (Phi) is 5.23. The SMILES string of the molecule is C=C/C(C)=C\C(=C/N)c1ccc(N2CCN(C)CC2)cc1. The van der Waals surface area contributed by atoms with E-state index in [-0.39, 0.29) is 0 Å². The number of allylic oxidation sites excluding steroid dienone is 4. The van der Waals surface area contributed by atoms with Crippen molar-refractivity contribution in [3.05, 3.63) is 60.3 Å². The zero-order valence-electron chi connectivity index (χ0n) is 13.0. The van der Waals surface area contributed by atoms with Crippen LogP contribution in [-0.2, 0) is 0 Å². The van der Waals surface area contributed by atoms with E-state index in [1.165, 1.54) is 5.69 Å². The van der Waals surface area contributed by atoms with Crippen molar-refractivity contribution in [2.45, 2.75) is 6.92 Å². The van der Waals surface area contributed by atoms with Crippen LogP contribution in [0.3, 0.4) is 0 Å². The fourth-order valence-corrected chi connectivity index (χ4v) is 2.46. The maximum absolute atomic E-state index is 5.75. The second-order valence-electron chi connectivity index (χ2n) is 5.55. The van der Waals surface area contributed by atoms with Crippen LogP contribution in [0.4, 0.5) is 5.69 Å². The van der Waals surface area contributed by atoms with Crippen LogP contribution in [0.1, 0.15) is 12.5 Å². The second-order valence-corrected chi connectivity index (χ2v) is 5.55. The minimum atomic E-state index is 1.03. The van der Waals surface area contributed by atoms with E-state index >= 15 is 0 Å². The number of hydrogen-bond donors (Lipinski definition) is 1. The lowest BCUT2D eigenvalue weighted by Gasteiger charge is -2.34. The molecule has 112 valence electrons. The first-order valence-corrected chi connectivity index (χ1v) is 7.40. The zero-order valence-corrected chi connectivity index (χ0v) is 13.0. The Hall–Kier alpha value is -2.00. The molecule has 0 unspecified atom stereocenters. The highest BCUT2D eigenvalue weighted by Crippen LogP contribution is 2.22. The molecule has 1 heterocycles. The van der Waals surface area contributed by atoms with E-state index in [0.717, 1.165) is 42.9 Å². The number of hydrogen-bond acceptors (Lipinski definition) is 3. The van der Waals surface area contributed by atoms with Crippen molar-refractivity contribution in [1.29, 1.82) is 0 Å². The first-order chi connectivity index (χ1) is 10.1. The van der Waals surface area contributed by atoms with Crippen molar-refractivity contribution in [2.75, 3.05) is 38.1 Å². The monoisotopic (exact) mass is 283 g/mol. The molecule has 1 aliphatic rings. The number of nitrogens with zero attached hydrogens (tertiary/aromatic N) is 2. The van der Waals surface area contributed by atoms with Crippen LogP contribution in [-0.4, -0.2) is 38.1 Å². The maximum atomic E-state index is 5.75. The maximum Gasteiger partial charge on any atom is 0.0367 e. The molecule has 1 fully saturated rings. The van der Waals surface area contributed by atoms with Gasteiger partial charge in [-0.2, -0.15) is 0 Å². The molecule has 0 aromatic heterocycles. The van der Waals surface area contributed by atoms with Gasteiger partial charge in [-0.15, -0.1) is 0 Å². The van der Waals surface area contributed by atoms with Crippen LogP contribution in [0, 0.1) is 0 Å². The molecular formula is C18H25N3. The van der Waals surface area contributed by atoms with Gasteiger partial charge in [-0.05, 0) is 37.2 Å². The Bertz CT molecular complexity index is 532. The van der Waals surface area contributed by atoms with Crippen LogP contribution in [0.15, 0.2) is 54.8 Å². The molecule has 0 spiro atoms. The molecule has 1 aliphatic heterocycles. The van der Waals surface area contributed by atoms with Gasteiger partial charge < -0.3 is 15.5 Å². The fourth-order valence-electron chi connectivity index (χ4n) is 2.46. The van der Waals surface area contributed by atoms with Gasteiger partial charge in [0, 0.05) is 38.1 Å². The number of rotatable bonds is 4. The Labute approximate surface area is 128 Å². The highest BCUT2D eigenvalue weighted by molar-refractivity contribution is 5.75. The van der Waals surface area contributed by atoms with E-state index in [1.54, 1.807) is 6.20 Å². The Morgan fingerprint density at radius 3 is 2.29 bits per heavy atom. The normalized spacial score (nSPS) is 17.9. The third-order valence-corrected chi connectivity index (χ3v) is 3.95. The third kappa shape index (κ3) is 3.99. The summed E-state index contributed by atoms with van der Waals surface area (Å²) in [6.45, 7) is 10.2. The molecular weight excluding hydrogens is 258 g/mol. The van der Waals surface area contributed by atoms with E-state index in [2.05, 4.69) is 53.8 Å². The molecule has 1 aromatic carbocycles. The number of piperazine rings is 1. The molecule has 2 rings (SSSR count). The van der Waals surface area contributed by atoms with E-state index in [9.17, 15) is 0 Å². The molecule has 0 amide bonds. The van der Waals surface area contributed by atoms with Crippen molar-refractivity contribution >= 4 is 11.3 Å². The summed E-state index contributed by atoms with van der Waals surface area (Å²) in [4.78, 5) is 4.80. The first kappa shape index (κ1) is 15.4. The minimum Gasteiger partial charge on any atom is -0.404 e. The fraction of sp³-hybridized carbons (Fsp3) is 0.333. The number of benzene rings is 1. The summed E-state index contributed by atoms with van der Waals surface area (Å²) in [5.41, 5.74) is 10.3. The average Bonchev–Trinajstić information content (AvgIpc) is 2.53. The van der Waals surface area contributed by atoms with E-state index in [4.69, 9.17) is 5.73 Å². The summed E-state index contributed by atoms with van der Waals surface area (Å²) in [5.74, 6) is 0. The summed E-state index contributed by atoms with van der Waals surface area (Å²) in [6, 6.07) is 8.64. The van der Waals surface area contributed by atoms with Gasteiger partial charge in [0.2, 0.25) is 0 Å². The van der Waals surface area contributed by atoms with Gasteiger partial charge in [-0.25, -0.2) is 0 Å². The quantitative estimate of drug-likeness (QED) is 0.862. The summed E-state index contributed by atoms with van der Waals surface area (Å²) in [5, 5.41) is 0. The molecule has 0 radical (unpaired) electrons. The van der Waals surface area contributed by atoms with Crippen molar-refractivity contribution in [3.8, 4) is 0 Å². The molecule has 2 N–H and O–H groups in total. The lowest BCUT2D eigenvalue weighted by Crippen LogP contribution is -2.44. The third-order valence-electron chi connectivity index (χ3n) is 3.95. The molecule has 1 saturated heterocycles. The first-order valence-electron chi connectivity index (χ1n) is 7.40. The molecule has 21 heavy (non-hydrogen) atoms. The van der Waals surface area contributed by atoms with Crippen LogP contribution < -0.4 is 10.6 Å². The summed E-state index contributed by atoms with van der Waals surface area (Å²) < 4.78 is 0. The van der Waals surface area contributed by atoms with Crippen molar-refractivity contribution in [2.24, 2.45) is 5.73 Å².